The van der Waals surface area contributed by atoms with Gasteiger partial charge in [0.05, 0.1) is 6.10 Å². The van der Waals surface area contributed by atoms with Crippen molar-refractivity contribution in [3.05, 3.63) is 0 Å². The molecule has 1 atom stereocenters. The third kappa shape index (κ3) is 6.59. The van der Waals surface area contributed by atoms with Crippen LogP contribution in [-0.4, -0.2) is 23.5 Å². The average Bonchev–Trinajstić information content (AvgIpc) is 1.68. The van der Waals surface area contributed by atoms with E-state index in [4.69, 9.17) is 0 Å². The van der Waals surface area contributed by atoms with Gasteiger partial charge in [-0.05, 0) is 13.3 Å². The highest BCUT2D eigenvalue weighted by molar-refractivity contribution is 7.17. The average molecular weight is 150 g/mol. The van der Waals surface area contributed by atoms with Crippen LogP contribution in [0.5, 0.6) is 0 Å². The minimum atomic E-state index is -0.210. The molecule has 4 heteroatoms. The summed E-state index contributed by atoms with van der Waals surface area (Å²) in [5, 5.41) is 0. The smallest absolute Gasteiger partial charge is 0.291 e. The molecule has 0 aromatic carbocycles. The van der Waals surface area contributed by atoms with Gasteiger partial charge in [-0.1, -0.05) is 6.92 Å². The molecular weight excluding hydrogens is 138 g/mol. The summed E-state index contributed by atoms with van der Waals surface area (Å²) in [6, 6.07) is 0. The van der Waals surface area contributed by atoms with E-state index >= 15 is 0 Å². The van der Waals surface area contributed by atoms with Crippen LogP contribution in [0.25, 0.3) is 0 Å². The molecule has 0 aliphatic carbocycles. The van der Waals surface area contributed by atoms with Crippen LogP contribution < -0.4 is 0 Å². The summed E-state index contributed by atoms with van der Waals surface area (Å²) in [5.41, 5.74) is 0. The molecule has 0 radical (unpaired) electrons. The summed E-state index contributed by atoms with van der Waals surface area (Å²) in [7, 11) is -0.210. The standard InChI is InChI=1S/C4H9O2P.Al.3H/c1-3-4(2)6-7-5;;;;/h4H,3H2,1-2H3;;;;. The molecule has 48 valence electrons. The van der Waals surface area contributed by atoms with Gasteiger partial charge in [0.2, 0.25) is 0 Å². The zero-order chi connectivity index (χ0) is 5.70. The Balaban J connectivity index is 0. The molecule has 2 nitrogen and oxygen atoms in total. The fraction of sp³-hybridized carbons (Fsp3) is 1.00. The molecule has 0 saturated carbocycles. The maximum Gasteiger partial charge on any atom is 0.327 e. The molecule has 0 N–H and O–H groups in total. The summed E-state index contributed by atoms with van der Waals surface area (Å²) in [5.74, 6) is 0. The maximum atomic E-state index is 9.65. The van der Waals surface area contributed by atoms with E-state index in [0.29, 0.717) is 0 Å². The van der Waals surface area contributed by atoms with Gasteiger partial charge in [-0.15, -0.1) is 0 Å². The Hall–Kier alpha value is 0.592. The molecule has 0 heterocycles. The lowest BCUT2D eigenvalue weighted by Gasteiger charge is -1.98. The molecule has 0 aromatic rings. The van der Waals surface area contributed by atoms with Crippen molar-refractivity contribution >= 4 is 26.0 Å². The van der Waals surface area contributed by atoms with Gasteiger partial charge in [0.15, 0.2) is 17.4 Å². The van der Waals surface area contributed by atoms with E-state index in [1.807, 2.05) is 13.8 Å². The fourth-order valence-corrected chi connectivity index (χ4v) is 0.444. The molecule has 0 aromatic heterocycles. The highest BCUT2D eigenvalue weighted by Crippen LogP contribution is 2.03. The Kier molecular flexibility index (Phi) is 10.8. The van der Waals surface area contributed by atoms with Gasteiger partial charge in [0.25, 0.3) is 0 Å². The number of hydrogen-bond donors (Lipinski definition) is 0. The first kappa shape index (κ1) is 11.4. The zero-order valence-corrected chi connectivity index (χ0v) is 5.44. The van der Waals surface area contributed by atoms with Crippen molar-refractivity contribution in [2.24, 2.45) is 0 Å². The van der Waals surface area contributed by atoms with Crippen LogP contribution in [0.15, 0.2) is 0 Å². The molecule has 0 rings (SSSR count). The predicted molar refractivity (Wildman–Crippen MR) is 38.4 cm³/mol. The van der Waals surface area contributed by atoms with E-state index in [2.05, 4.69) is 4.52 Å². The van der Waals surface area contributed by atoms with Crippen molar-refractivity contribution in [3.63, 3.8) is 0 Å². The van der Waals surface area contributed by atoms with Gasteiger partial charge in [0, 0.05) is 0 Å². The molecule has 0 aliphatic rings. The van der Waals surface area contributed by atoms with Crippen LogP contribution in [0.2, 0.25) is 0 Å². The first-order chi connectivity index (χ1) is 3.31. The molecule has 0 fully saturated rings. The van der Waals surface area contributed by atoms with Crippen molar-refractivity contribution in [1.29, 1.82) is 0 Å². The van der Waals surface area contributed by atoms with E-state index in [0.717, 1.165) is 6.42 Å². The van der Waals surface area contributed by atoms with Crippen molar-refractivity contribution in [2.45, 2.75) is 26.4 Å². The summed E-state index contributed by atoms with van der Waals surface area (Å²) in [6.45, 7) is 3.86. The van der Waals surface area contributed by atoms with Crippen LogP contribution in [0.3, 0.4) is 0 Å². The summed E-state index contributed by atoms with van der Waals surface area (Å²) in [6.07, 6.45) is 1.04. The van der Waals surface area contributed by atoms with E-state index in [9.17, 15) is 4.57 Å². The fourth-order valence-electron chi connectivity index (χ4n) is 0.148. The molecule has 8 heavy (non-hydrogen) atoms. The Labute approximate surface area is 62.0 Å². The minimum absolute atomic E-state index is 0. The maximum absolute atomic E-state index is 9.65. The van der Waals surface area contributed by atoms with E-state index < -0.39 is 0 Å². The zero-order valence-electron chi connectivity index (χ0n) is 4.55. The molecule has 0 spiro atoms. The van der Waals surface area contributed by atoms with Gasteiger partial charge < -0.3 is 0 Å². The van der Waals surface area contributed by atoms with Crippen LogP contribution in [0.4, 0.5) is 0 Å². The van der Waals surface area contributed by atoms with Gasteiger partial charge in [0.1, 0.15) is 0 Å². The van der Waals surface area contributed by atoms with Gasteiger partial charge in [-0.2, -0.15) is 0 Å². The molecule has 0 amide bonds. The molecule has 1 unspecified atom stereocenters. The number of hydrogen-bond acceptors (Lipinski definition) is 2. The van der Waals surface area contributed by atoms with Crippen LogP contribution in [-0.2, 0) is 9.09 Å². The lowest BCUT2D eigenvalue weighted by Crippen LogP contribution is -1.96. The van der Waals surface area contributed by atoms with E-state index in [-0.39, 0.29) is 32.2 Å². The van der Waals surface area contributed by atoms with Crippen molar-refractivity contribution in [3.8, 4) is 0 Å². The van der Waals surface area contributed by atoms with E-state index in [1.54, 1.807) is 0 Å². The number of rotatable bonds is 3. The van der Waals surface area contributed by atoms with Crippen LogP contribution in [0.1, 0.15) is 20.3 Å². The topological polar surface area (TPSA) is 26.3 Å². The lowest BCUT2D eigenvalue weighted by atomic mass is 10.3. The van der Waals surface area contributed by atoms with Crippen molar-refractivity contribution in [2.75, 3.05) is 0 Å². The Morgan fingerprint density at radius 3 is 2.38 bits per heavy atom. The Morgan fingerprint density at radius 1 is 1.75 bits per heavy atom. The normalized spacial score (nSPS) is 12.8. The lowest BCUT2D eigenvalue weighted by molar-refractivity contribution is 0.240. The summed E-state index contributed by atoms with van der Waals surface area (Å²) in [4.78, 5) is 0. The highest BCUT2D eigenvalue weighted by Gasteiger charge is 1.93. The molecular formula is C4H12AlO2P. The largest absolute Gasteiger partial charge is 0.327 e. The minimum Gasteiger partial charge on any atom is -0.291 e. The third-order valence-electron chi connectivity index (χ3n) is 0.798. The van der Waals surface area contributed by atoms with Gasteiger partial charge >= 0.3 is 8.69 Å². The second-order valence-corrected chi connectivity index (χ2v) is 1.76. The van der Waals surface area contributed by atoms with Gasteiger partial charge in [-0.3, -0.25) is 4.52 Å². The first-order valence-electron chi connectivity index (χ1n) is 2.29. The first-order valence-corrected chi connectivity index (χ1v) is 3.02. The van der Waals surface area contributed by atoms with Crippen molar-refractivity contribution < 1.29 is 9.09 Å². The molecule has 0 aliphatic heterocycles. The second-order valence-electron chi connectivity index (χ2n) is 1.40. The predicted octanol–water partition coefficient (Wildman–Crippen LogP) is 0.824. The highest BCUT2D eigenvalue weighted by atomic mass is 31.1. The summed E-state index contributed by atoms with van der Waals surface area (Å²) < 4.78 is 14.3. The van der Waals surface area contributed by atoms with Crippen LogP contribution >= 0.6 is 8.69 Å². The summed E-state index contributed by atoms with van der Waals surface area (Å²) >= 11 is 0. The molecule has 0 bridgehead atoms. The monoisotopic (exact) mass is 150 g/mol. The SMILES string of the molecule is CCC(C)OP=O.[AlH3]. The van der Waals surface area contributed by atoms with E-state index in [1.165, 1.54) is 0 Å². The van der Waals surface area contributed by atoms with Gasteiger partial charge in [-0.25, -0.2) is 4.57 Å². The Morgan fingerprint density at radius 2 is 2.25 bits per heavy atom. The third-order valence-corrected chi connectivity index (χ3v) is 1.24. The molecule has 0 saturated heterocycles. The Bertz CT molecular complexity index is 60.0. The van der Waals surface area contributed by atoms with Crippen molar-refractivity contribution in [1.82, 2.24) is 0 Å². The second kappa shape index (κ2) is 7.59. The van der Waals surface area contributed by atoms with Crippen LogP contribution in [0, 0.1) is 0 Å². The quantitative estimate of drug-likeness (QED) is 0.440.